The number of aromatic nitrogens is 2. The number of amides is 1. The minimum atomic E-state index is -0.137. The topological polar surface area (TPSA) is 68.0 Å². The van der Waals surface area contributed by atoms with E-state index in [-0.39, 0.29) is 11.9 Å². The van der Waals surface area contributed by atoms with Crippen molar-refractivity contribution in [1.29, 1.82) is 0 Å². The van der Waals surface area contributed by atoms with Crippen LogP contribution >= 0.6 is 23.4 Å². The number of halogens is 1. The molecular weight excluding hydrogens is 382 g/mol. The summed E-state index contributed by atoms with van der Waals surface area (Å²) in [6.07, 6.45) is 1.14. The minimum Gasteiger partial charge on any atom is -0.403 e. The Kier molecular flexibility index (Phi) is 6.53. The largest absolute Gasteiger partial charge is 0.403 e. The average molecular weight is 402 g/mol. The normalized spacial score (nSPS) is 10.8. The number of rotatable bonds is 7. The fourth-order valence-electron chi connectivity index (χ4n) is 2.40. The molecule has 0 aliphatic carbocycles. The first-order valence-corrected chi connectivity index (χ1v) is 9.97. The summed E-state index contributed by atoms with van der Waals surface area (Å²) in [6.45, 7) is 4.07. The van der Waals surface area contributed by atoms with E-state index < -0.39 is 0 Å². The highest BCUT2D eigenvalue weighted by Gasteiger charge is 2.12. The average Bonchev–Trinajstić information content (AvgIpc) is 3.11. The molecule has 140 valence electrons. The van der Waals surface area contributed by atoms with Gasteiger partial charge in [0.2, 0.25) is 11.8 Å². The number of anilines is 1. The first kappa shape index (κ1) is 19.5. The molecule has 5 nitrogen and oxygen atoms in total. The van der Waals surface area contributed by atoms with Crippen molar-refractivity contribution in [1.82, 2.24) is 10.2 Å². The summed E-state index contributed by atoms with van der Waals surface area (Å²) < 4.78 is 5.55. The predicted octanol–water partition coefficient (Wildman–Crippen LogP) is 5.52. The Labute approximate surface area is 167 Å². The Morgan fingerprint density at radius 3 is 2.63 bits per heavy atom. The zero-order chi connectivity index (χ0) is 19.2. The molecule has 2 aromatic carbocycles. The number of thioether (sulfide) groups is 1. The van der Waals surface area contributed by atoms with Gasteiger partial charge in [0, 0.05) is 21.9 Å². The molecule has 0 spiro atoms. The quantitative estimate of drug-likeness (QED) is 0.417. The van der Waals surface area contributed by atoms with Gasteiger partial charge in [-0.2, -0.15) is 0 Å². The van der Waals surface area contributed by atoms with E-state index in [1.807, 2.05) is 56.3 Å². The zero-order valence-corrected chi connectivity index (χ0v) is 16.7. The second-order valence-electron chi connectivity index (χ2n) is 6.17. The van der Waals surface area contributed by atoms with Crippen LogP contribution < -0.4 is 5.32 Å². The maximum absolute atomic E-state index is 12.0. The van der Waals surface area contributed by atoms with E-state index in [0.717, 1.165) is 33.2 Å². The smallest absolute Gasteiger partial charge is 0.322 e. The van der Waals surface area contributed by atoms with Gasteiger partial charge in [-0.25, -0.2) is 0 Å². The number of carbonyl (C=O) groups excluding carboxylic acids is 1. The molecule has 1 N–H and O–H groups in total. The van der Waals surface area contributed by atoms with Crippen LogP contribution in [0.5, 0.6) is 0 Å². The lowest BCUT2D eigenvalue weighted by molar-refractivity contribution is -0.116. The Balaban J connectivity index is 1.46. The molecule has 0 unspecified atom stereocenters. The summed E-state index contributed by atoms with van der Waals surface area (Å²) >= 11 is 7.56. The number of benzene rings is 2. The molecule has 0 bridgehead atoms. The van der Waals surface area contributed by atoms with Crippen LogP contribution in [0.2, 0.25) is 5.02 Å². The van der Waals surface area contributed by atoms with Gasteiger partial charge in [0.15, 0.2) is 0 Å². The molecule has 0 radical (unpaired) electrons. The summed E-state index contributed by atoms with van der Waals surface area (Å²) in [5.74, 6) is 1.10. The molecule has 0 aliphatic heterocycles. The summed E-state index contributed by atoms with van der Waals surface area (Å²) in [7, 11) is 0. The van der Waals surface area contributed by atoms with Crippen LogP contribution in [0.25, 0.3) is 11.5 Å². The van der Waals surface area contributed by atoms with Crippen LogP contribution in [0.15, 0.2) is 51.8 Å². The molecule has 0 saturated carbocycles. The molecule has 0 saturated heterocycles. The second kappa shape index (κ2) is 9.06. The predicted molar refractivity (Wildman–Crippen MR) is 109 cm³/mol. The lowest BCUT2D eigenvalue weighted by atomic mass is 10.1. The molecule has 27 heavy (non-hydrogen) atoms. The third-order valence-electron chi connectivity index (χ3n) is 4.06. The first-order chi connectivity index (χ1) is 13.0. The highest BCUT2D eigenvalue weighted by molar-refractivity contribution is 7.99. The minimum absolute atomic E-state index is 0.124. The zero-order valence-electron chi connectivity index (χ0n) is 15.2. The van der Waals surface area contributed by atoms with Crippen molar-refractivity contribution in [3.8, 4) is 11.5 Å². The van der Waals surface area contributed by atoms with Gasteiger partial charge in [0.05, 0.1) is 0 Å². The lowest BCUT2D eigenvalue weighted by Gasteiger charge is -2.02. The van der Waals surface area contributed by atoms with E-state index in [0.29, 0.717) is 12.3 Å². The van der Waals surface area contributed by atoms with Crippen molar-refractivity contribution in [3.05, 3.63) is 58.6 Å². The van der Waals surface area contributed by atoms with E-state index >= 15 is 0 Å². The van der Waals surface area contributed by atoms with Crippen LogP contribution in [-0.2, 0) is 4.79 Å². The summed E-state index contributed by atoms with van der Waals surface area (Å²) in [6, 6.07) is 13.7. The standard InChI is InChI=1S/C20H20ClN3O2S/c1-13-5-6-15(12-14(13)2)19-23-24-20(26-19)22-18(25)4-3-11-27-17-9-7-16(21)8-10-17/h5-10,12H,3-4,11H2,1-2H3,(H,22,24,25). The van der Waals surface area contributed by atoms with Gasteiger partial charge in [0.25, 0.3) is 0 Å². The summed E-state index contributed by atoms with van der Waals surface area (Å²) in [5.41, 5.74) is 3.18. The second-order valence-corrected chi connectivity index (χ2v) is 7.77. The van der Waals surface area contributed by atoms with Gasteiger partial charge >= 0.3 is 6.01 Å². The van der Waals surface area contributed by atoms with E-state index in [4.69, 9.17) is 16.0 Å². The molecule has 3 aromatic rings. The van der Waals surface area contributed by atoms with Crippen LogP contribution in [0, 0.1) is 13.8 Å². The molecule has 1 aromatic heterocycles. The molecule has 3 rings (SSSR count). The van der Waals surface area contributed by atoms with Crippen LogP contribution in [0.4, 0.5) is 6.01 Å². The maximum Gasteiger partial charge on any atom is 0.322 e. The van der Waals surface area contributed by atoms with E-state index in [2.05, 4.69) is 15.5 Å². The third kappa shape index (κ3) is 5.58. The Hall–Kier alpha value is -2.31. The van der Waals surface area contributed by atoms with Crippen LogP contribution in [0.3, 0.4) is 0 Å². The highest BCUT2D eigenvalue weighted by atomic mass is 35.5. The van der Waals surface area contributed by atoms with Crippen molar-refractivity contribution in [2.75, 3.05) is 11.1 Å². The Morgan fingerprint density at radius 2 is 1.89 bits per heavy atom. The fourth-order valence-corrected chi connectivity index (χ4v) is 3.38. The molecule has 1 amide bonds. The summed E-state index contributed by atoms with van der Waals surface area (Å²) in [4.78, 5) is 13.2. The van der Waals surface area contributed by atoms with Crippen molar-refractivity contribution in [3.63, 3.8) is 0 Å². The monoisotopic (exact) mass is 401 g/mol. The molecule has 0 atom stereocenters. The van der Waals surface area contributed by atoms with Crippen molar-refractivity contribution in [2.24, 2.45) is 0 Å². The van der Waals surface area contributed by atoms with Gasteiger partial charge in [-0.1, -0.05) is 22.8 Å². The van der Waals surface area contributed by atoms with E-state index in [1.54, 1.807) is 11.8 Å². The molecular formula is C20H20ClN3O2S. The number of carbonyl (C=O) groups is 1. The molecule has 0 fully saturated rings. The first-order valence-electron chi connectivity index (χ1n) is 8.60. The number of hydrogen-bond donors (Lipinski definition) is 1. The maximum atomic E-state index is 12.0. The third-order valence-corrected chi connectivity index (χ3v) is 5.41. The number of nitrogens with zero attached hydrogens (tertiary/aromatic N) is 2. The van der Waals surface area contributed by atoms with Crippen LogP contribution in [-0.4, -0.2) is 21.9 Å². The van der Waals surface area contributed by atoms with Gasteiger partial charge in [-0.05, 0) is 73.5 Å². The van der Waals surface area contributed by atoms with Crippen molar-refractivity contribution >= 4 is 35.3 Å². The van der Waals surface area contributed by atoms with Gasteiger partial charge in [-0.3, -0.25) is 10.1 Å². The van der Waals surface area contributed by atoms with Gasteiger partial charge in [0.1, 0.15) is 0 Å². The lowest BCUT2D eigenvalue weighted by Crippen LogP contribution is -2.11. The van der Waals surface area contributed by atoms with Crippen molar-refractivity contribution in [2.45, 2.75) is 31.6 Å². The van der Waals surface area contributed by atoms with Gasteiger partial charge in [-0.15, -0.1) is 16.9 Å². The highest BCUT2D eigenvalue weighted by Crippen LogP contribution is 2.23. The van der Waals surface area contributed by atoms with Gasteiger partial charge < -0.3 is 4.42 Å². The Morgan fingerprint density at radius 1 is 1.11 bits per heavy atom. The molecule has 7 heteroatoms. The Bertz CT molecular complexity index is 925. The number of hydrogen-bond acceptors (Lipinski definition) is 5. The molecule has 0 aliphatic rings. The number of aryl methyl sites for hydroxylation is 2. The van der Waals surface area contributed by atoms with Crippen molar-refractivity contribution < 1.29 is 9.21 Å². The summed E-state index contributed by atoms with van der Waals surface area (Å²) in [5, 5.41) is 11.3. The fraction of sp³-hybridized carbons (Fsp3) is 0.250. The van der Waals surface area contributed by atoms with E-state index in [9.17, 15) is 4.79 Å². The van der Waals surface area contributed by atoms with Crippen LogP contribution in [0.1, 0.15) is 24.0 Å². The SMILES string of the molecule is Cc1ccc(-c2nnc(NC(=O)CCCSc3ccc(Cl)cc3)o2)cc1C. The number of nitrogens with one attached hydrogen (secondary N) is 1. The molecule has 1 heterocycles. The van der Waals surface area contributed by atoms with E-state index in [1.165, 1.54) is 5.56 Å².